The lowest BCUT2D eigenvalue weighted by Gasteiger charge is -2.17. The molecule has 0 bridgehead atoms. The smallest absolute Gasteiger partial charge is 0.347 e. The summed E-state index contributed by atoms with van der Waals surface area (Å²) >= 11 is 0. The second-order valence-electron chi connectivity index (χ2n) is 3.33. The predicted molar refractivity (Wildman–Crippen MR) is 51.3 cm³/mol. The SMILES string of the molecule is Cn1c(=O)n2n(c1=O)[C@H](C(N)=O)C=CC2. The van der Waals surface area contributed by atoms with Crippen molar-refractivity contribution in [3.8, 4) is 0 Å². The molecular weight excluding hydrogens is 200 g/mol. The molecule has 7 heteroatoms. The molecule has 1 atom stereocenters. The van der Waals surface area contributed by atoms with Crippen LogP contribution in [0.5, 0.6) is 0 Å². The van der Waals surface area contributed by atoms with Gasteiger partial charge in [-0.05, 0) is 0 Å². The molecule has 1 amide bonds. The van der Waals surface area contributed by atoms with E-state index in [1.165, 1.54) is 17.8 Å². The Balaban J connectivity index is 2.76. The molecule has 0 unspecified atom stereocenters. The molecule has 0 saturated carbocycles. The minimum atomic E-state index is -0.875. The second-order valence-corrected chi connectivity index (χ2v) is 3.33. The number of carbonyl (C=O) groups is 1. The van der Waals surface area contributed by atoms with E-state index in [0.717, 1.165) is 9.25 Å². The summed E-state index contributed by atoms with van der Waals surface area (Å²) in [4.78, 5) is 34.2. The highest BCUT2D eigenvalue weighted by atomic mass is 16.2. The third-order valence-electron chi connectivity index (χ3n) is 2.40. The molecule has 15 heavy (non-hydrogen) atoms. The summed E-state index contributed by atoms with van der Waals surface area (Å²) in [5, 5.41) is 0. The van der Waals surface area contributed by atoms with Crippen LogP contribution in [0, 0.1) is 0 Å². The number of allylic oxidation sites excluding steroid dienone is 1. The van der Waals surface area contributed by atoms with E-state index in [1.807, 2.05) is 0 Å². The molecule has 0 aromatic carbocycles. The third kappa shape index (κ3) is 1.16. The first-order valence-corrected chi connectivity index (χ1v) is 4.38. The molecule has 80 valence electrons. The average Bonchev–Trinajstić information content (AvgIpc) is 2.44. The summed E-state index contributed by atoms with van der Waals surface area (Å²) in [5.74, 6) is -0.660. The van der Waals surface area contributed by atoms with Crippen LogP contribution in [-0.4, -0.2) is 19.8 Å². The Hall–Kier alpha value is -2.05. The lowest BCUT2D eigenvalue weighted by atomic mass is 10.2. The maximum atomic E-state index is 11.6. The number of rotatable bonds is 1. The molecule has 1 aromatic heterocycles. The molecule has 1 aromatic rings. The molecule has 1 aliphatic heterocycles. The van der Waals surface area contributed by atoms with E-state index in [1.54, 1.807) is 6.08 Å². The van der Waals surface area contributed by atoms with Crippen LogP contribution in [0.4, 0.5) is 0 Å². The molecule has 0 radical (unpaired) electrons. The predicted octanol–water partition coefficient (Wildman–Crippen LogP) is -2.06. The Labute approximate surface area is 84.0 Å². The number of nitrogens with zero attached hydrogens (tertiary/aromatic N) is 3. The highest BCUT2D eigenvalue weighted by Gasteiger charge is 2.25. The molecule has 0 spiro atoms. The summed E-state index contributed by atoms with van der Waals surface area (Å²) in [7, 11) is 1.36. The van der Waals surface area contributed by atoms with Gasteiger partial charge in [0.25, 0.3) is 0 Å². The van der Waals surface area contributed by atoms with Gasteiger partial charge in [0.05, 0.1) is 6.54 Å². The van der Waals surface area contributed by atoms with Crippen molar-refractivity contribution in [3.63, 3.8) is 0 Å². The largest absolute Gasteiger partial charge is 0.368 e. The van der Waals surface area contributed by atoms with E-state index in [-0.39, 0.29) is 6.54 Å². The average molecular weight is 210 g/mol. The van der Waals surface area contributed by atoms with Crippen molar-refractivity contribution in [2.45, 2.75) is 12.6 Å². The maximum Gasteiger partial charge on any atom is 0.347 e. The summed E-state index contributed by atoms with van der Waals surface area (Å²) < 4.78 is 3.21. The quantitative estimate of drug-likeness (QED) is 0.540. The second kappa shape index (κ2) is 2.97. The molecule has 2 heterocycles. The molecule has 2 N–H and O–H groups in total. The highest BCUT2D eigenvalue weighted by molar-refractivity contribution is 5.80. The lowest BCUT2D eigenvalue weighted by molar-refractivity contribution is -0.120. The fraction of sp³-hybridized carbons (Fsp3) is 0.375. The Morgan fingerprint density at radius 2 is 2.13 bits per heavy atom. The van der Waals surface area contributed by atoms with Crippen LogP contribution in [0.2, 0.25) is 0 Å². The van der Waals surface area contributed by atoms with E-state index in [0.29, 0.717) is 0 Å². The zero-order chi connectivity index (χ0) is 11.2. The molecule has 0 saturated heterocycles. The van der Waals surface area contributed by atoms with E-state index in [4.69, 9.17) is 5.73 Å². The number of amides is 1. The third-order valence-corrected chi connectivity index (χ3v) is 2.40. The van der Waals surface area contributed by atoms with E-state index < -0.39 is 23.3 Å². The zero-order valence-electron chi connectivity index (χ0n) is 8.08. The normalized spacial score (nSPS) is 18.9. The minimum Gasteiger partial charge on any atom is -0.368 e. The van der Waals surface area contributed by atoms with Crippen molar-refractivity contribution < 1.29 is 4.79 Å². The van der Waals surface area contributed by atoms with Crippen molar-refractivity contribution in [1.29, 1.82) is 0 Å². The van der Waals surface area contributed by atoms with Crippen LogP contribution in [0.15, 0.2) is 21.7 Å². The molecule has 1 aliphatic rings. The Bertz CT molecular complexity index is 559. The number of carbonyl (C=O) groups excluding carboxylic acids is 1. The van der Waals surface area contributed by atoms with Gasteiger partial charge in [-0.25, -0.2) is 23.5 Å². The number of hydrogen-bond donors (Lipinski definition) is 1. The summed E-state index contributed by atoms with van der Waals surface area (Å²) in [6.45, 7) is 0.276. The summed E-state index contributed by atoms with van der Waals surface area (Å²) in [6.07, 6.45) is 3.15. The summed E-state index contributed by atoms with van der Waals surface area (Å²) in [5.41, 5.74) is 4.15. The first kappa shape index (κ1) is 9.50. The first-order chi connectivity index (χ1) is 7.04. The van der Waals surface area contributed by atoms with Gasteiger partial charge in [-0.15, -0.1) is 0 Å². The van der Waals surface area contributed by atoms with Crippen molar-refractivity contribution >= 4 is 5.91 Å². The van der Waals surface area contributed by atoms with Crippen LogP contribution in [0.3, 0.4) is 0 Å². The van der Waals surface area contributed by atoms with Gasteiger partial charge in [-0.2, -0.15) is 0 Å². The highest BCUT2D eigenvalue weighted by Crippen LogP contribution is 2.08. The van der Waals surface area contributed by atoms with Crippen LogP contribution >= 0.6 is 0 Å². The summed E-state index contributed by atoms with van der Waals surface area (Å²) in [6, 6.07) is -0.875. The molecule has 2 rings (SSSR count). The molecule has 7 nitrogen and oxygen atoms in total. The molecule has 0 fully saturated rings. The number of hydrogen-bond acceptors (Lipinski definition) is 3. The van der Waals surface area contributed by atoms with E-state index in [2.05, 4.69) is 0 Å². The standard InChI is InChI=1S/C8H10N4O3/c1-10-7(14)11-4-2-3-5(6(9)13)12(11)8(10)15/h2-3,5H,4H2,1H3,(H2,9,13)/t5-/m0/s1. The van der Waals surface area contributed by atoms with Gasteiger partial charge in [0.15, 0.2) is 6.04 Å². The van der Waals surface area contributed by atoms with Gasteiger partial charge >= 0.3 is 11.4 Å². The molecular formula is C8H10N4O3. The van der Waals surface area contributed by atoms with Crippen molar-refractivity contribution in [2.24, 2.45) is 12.8 Å². The maximum absolute atomic E-state index is 11.6. The van der Waals surface area contributed by atoms with E-state index >= 15 is 0 Å². The van der Waals surface area contributed by atoms with E-state index in [9.17, 15) is 14.4 Å². The number of aromatic nitrogens is 3. The number of primary amides is 1. The van der Waals surface area contributed by atoms with Crippen LogP contribution in [-0.2, 0) is 18.4 Å². The Morgan fingerprint density at radius 3 is 2.73 bits per heavy atom. The van der Waals surface area contributed by atoms with Gasteiger partial charge in [0.1, 0.15) is 0 Å². The molecule has 0 aliphatic carbocycles. The number of fused-ring (bicyclic) bond motifs is 1. The van der Waals surface area contributed by atoms with Gasteiger partial charge in [-0.3, -0.25) is 4.79 Å². The fourth-order valence-electron chi connectivity index (χ4n) is 1.63. The van der Waals surface area contributed by atoms with Crippen LogP contribution in [0.1, 0.15) is 6.04 Å². The van der Waals surface area contributed by atoms with Crippen molar-refractivity contribution in [3.05, 3.63) is 33.1 Å². The van der Waals surface area contributed by atoms with Crippen molar-refractivity contribution in [1.82, 2.24) is 13.9 Å². The van der Waals surface area contributed by atoms with Gasteiger partial charge in [0.2, 0.25) is 5.91 Å². The van der Waals surface area contributed by atoms with Crippen molar-refractivity contribution in [2.75, 3.05) is 0 Å². The van der Waals surface area contributed by atoms with Crippen LogP contribution in [0.25, 0.3) is 0 Å². The topological polar surface area (TPSA) is 92.0 Å². The van der Waals surface area contributed by atoms with Gasteiger partial charge in [0, 0.05) is 7.05 Å². The minimum absolute atomic E-state index is 0.276. The Kier molecular flexibility index (Phi) is 1.88. The monoisotopic (exact) mass is 210 g/mol. The van der Waals surface area contributed by atoms with Gasteiger partial charge in [-0.1, -0.05) is 12.2 Å². The zero-order valence-corrected chi connectivity index (χ0v) is 8.08. The number of nitrogens with two attached hydrogens (primary N) is 1. The fourth-order valence-corrected chi connectivity index (χ4v) is 1.63. The lowest BCUT2D eigenvalue weighted by Crippen LogP contribution is -2.38. The Morgan fingerprint density at radius 1 is 1.47 bits per heavy atom. The van der Waals surface area contributed by atoms with Crippen LogP contribution < -0.4 is 17.1 Å². The first-order valence-electron chi connectivity index (χ1n) is 4.38. The van der Waals surface area contributed by atoms with Gasteiger partial charge < -0.3 is 5.73 Å².